The van der Waals surface area contributed by atoms with Crippen molar-refractivity contribution in [1.29, 1.82) is 0 Å². The van der Waals surface area contributed by atoms with E-state index in [1.54, 1.807) is 0 Å². The summed E-state index contributed by atoms with van der Waals surface area (Å²) in [5, 5.41) is 3.11. The summed E-state index contributed by atoms with van der Waals surface area (Å²) in [6.45, 7) is 2.02. The number of rotatable bonds is 3. The molecule has 1 atom stereocenters. The normalized spacial score (nSPS) is 24.8. The average Bonchev–Trinajstić information content (AvgIpc) is 2.40. The van der Waals surface area contributed by atoms with Gasteiger partial charge in [-0.1, -0.05) is 28.1 Å². The molecule has 2 rings (SSSR count). The number of amides is 1. The van der Waals surface area contributed by atoms with Gasteiger partial charge in [-0.2, -0.15) is 0 Å². The zero-order valence-corrected chi connectivity index (χ0v) is 12.8. The zero-order chi connectivity index (χ0) is 13.8. The van der Waals surface area contributed by atoms with Crippen molar-refractivity contribution >= 4 is 21.8 Å². The van der Waals surface area contributed by atoms with E-state index in [0.717, 1.165) is 35.7 Å². The second-order valence-corrected chi connectivity index (χ2v) is 6.31. The minimum absolute atomic E-state index is 0.0520. The van der Waals surface area contributed by atoms with Crippen molar-refractivity contribution in [3.8, 4) is 0 Å². The average molecular weight is 325 g/mol. The van der Waals surface area contributed by atoms with Crippen LogP contribution in [0.2, 0.25) is 0 Å². The van der Waals surface area contributed by atoms with Gasteiger partial charge in [0.1, 0.15) is 0 Å². The molecule has 4 heteroatoms. The third-order valence-electron chi connectivity index (χ3n) is 3.87. The van der Waals surface area contributed by atoms with Gasteiger partial charge in [0.25, 0.3) is 0 Å². The first-order valence-electron chi connectivity index (χ1n) is 6.87. The van der Waals surface area contributed by atoms with Crippen LogP contribution in [0.5, 0.6) is 0 Å². The summed E-state index contributed by atoms with van der Waals surface area (Å²) < 4.78 is 1.05. The van der Waals surface area contributed by atoms with Crippen LogP contribution in [0.25, 0.3) is 0 Å². The minimum Gasteiger partial charge on any atom is -0.349 e. The second kappa shape index (κ2) is 6.53. The van der Waals surface area contributed by atoms with E-state index < -0.39 is 0 Å². The molecule has 1 aromatic rings. The van der Waals surface area contributed by atoms with Gasteiger partial charge in [-0.05, 0) is 50.3 Å². The van der Waals surface area contributed by atoms with E-state index in [9.17, 15) is 4.79 Å². The van der Waals surface area contributed by atoms with Crippen LogP contribution in [0.3, 0.4) is 0 Å². The van der Waals surface area contributed by atoms with E-state index in [1.165, 1.54) is 0 Å². The van der Waals surface area contributed by atoms with Crippen molar-refractivity contribution in [3.63, 3.8) is 0 Å². The van der Waals surface area contributed by atoms with Gasteiger partial charge in [0.15, 0.2) is 0 Å². The molecule has 0 spiro atoms. The molecule has 1 unspecified atom stereocenters. The Hall–Kier alpha value is -0.870. The summed E-state index contributed by atoms with van der Waals surface area (Å²) in [5.74, 6) is 0.306. The molecule has 1 aromatic carbocycles. The molecule has 1 aliphatic carbocycles. The van der Waals surface area contributed by atoms with Crippen molar-refractivity contribution in [2.24, 2.45) is 11.7 Å². The fourth-order valence-electron chi connectivity index (χ4n) is 2.55. The Labute approximate surface area is 123 Å². The Kier molecular flexibility index (Phi) is 4.99. The molecule has 0 aliphatic heterocycles. The lowest BCUT2D eigenvalue weighted by Gasteiger charge is -2.26. The standard InChI is InChI=1S/C15H21BrN2O/c1-10(11-2-6-13(16)7-3-11)18-15(19)12-4-8-14(17)9-5-12/h2-3,6-7,10,12,14H,4-5,8-9,17H2,1H3,(H,18,19). The summed E-state index contributed by atoms with van der Waals surface area (Å²) >= 11 is 3.41. The first-order chi connectivity index (χ1) is 9.06. The number of carbonyl (C=O) groups is 1. The van der Waals surface area contributed by atoms with Crippen LogP contribution in [-0.2, 0) is 4.79 Å². The van der Waals surface area contributed by atoms with E-state index in [0.29, 0.717) is 0 Å². The number of hydrogen-bond acceptors (Lipinski definition) is 2. The van der Waals surface area contributed by atoms with Crippen LogP contribution in [0.1, 0.15) is 44.2 Å². The molecule has 0 heterocycles. The minimum atomic E-state index is 0.0520. The van der Waals surface area contributed by atoms with Crippen molar-refractivity contribution < 1.29 is 4.79 Å². The molecule has 19 heavy (non-hydrogen) atoms. The molecule has 3 N–H and O–H groups in total. The molecule has 0 bridgehead atoms. The van der Waals surface area contributed by atoms with E-state index in [1.807, 2.05) is 31.2 Å². The van der Waals surface area contributed by atoms with Crippen molar-refractivity contribution in [3.05, 3.63) is 34.3 Å². The Morgan fingerprint density at radius 2 is 1.84 bits per heavy atom. The number of carbonyl (C=O) groups excluding carboxylic acids is 1. The third kappa shape index (κ3) is 4.05. The first-order valence-corrected chi connectivity index (χ1v) is 7.67. The van der Waals surface area contributed by atoms with Gasteiger partial charge < -0.3 is 11.1 Å². The predicted octanol–water partition coefficient (Wildman–Crippen LogP) is 3.14. The van der Waals surface area contributed by atoms with Crippen LogP contribution in [0, 0.1) is 5.92 Å². The van der Waals surface area contributed by atoms with Gasteiger partial charge in [0, 0.05) is 16.4 Å². The van der Waals surface area contributed by atoms with Gasteiger partial charge in [-0.25, -0.2) is 0 Å². The topological polar surface area (TPSA) is 55.1 Å². The lowest BCUT2D eigenvalue weighted by molar-refractivity contribution is -0.126. The molecule has 104 valence electrons. The predicted molar refractivity (Wildman–Crippen MR) is 80.6 cm³/mol. The SMILES string of the molecule is CC(NC(=O)C1CCC(N)CC1)c1ccc(Br)cc1. The highest BCUT2D eigenvalue weighted by atomic mass is 79.9. The van der Waals surface area contributed by atoms with E-state index in [-0.39, 0.29) is 23.9 Å². The molecule has 3 nitrogen and oxygen atoms in total. The highest BCUT2D eigenvalue weighted by Crippen LogP contribution is 2.24. The molecule has 1 amide bonds. The molecule has 1 fully saturated rings. The first kappa shape index (κ1) is 14.5. The number of benzene rings is 1. The monoisotopic (exact) mass is 324 g/mol. The smallest absolute Gasteiger partial charge is 0.223 e. The van der Waals surface area contributed by atoms with Gasteiger partial charge in [0.05, 0.1) is 6.04 Å². The molecule has 1 saturated carbocycles. The fraction of sp³-hybridized carbons (Fsp3) is 0.533. The van der Waals surface area contributed by atoms with Crippen LogP contribution < -0.4 is 11.1 Å². The van der Waals surface area contributed by atoms with Crippen LogP contribution in [0.4, 0.5) is 0 Å². The number of nitrogens with one attached hydrogen (secondary N) is 1. The van der Waals surface area contributed by atoms with Crippen molar-refractivity contribution in [2.45, 2.75) is 44.7 Å². The third-order valence-corrected chi connectivity index (χ3v) is 4.40. The molecule has 0 aromatic heterocycles. The summed E-state index contributed by atoms with van der Waals surface area (Å²) in [5.41, 5.74) is 7.00. The maximum atomic E-state index is 12.2. The van der Waals surface area contributed by atoms with E-state index in [2.05, 4.69) is 21.2 Å². The Morgan fingerprint density at radius 1 is 1.26 bits per heavy atom. The molecular weight excluding hydrogens is 304 g/mol. The van der Waals surface area contributed by atoms with E-state index >= 15 is 0 Å². The summed E-state index contributed by atoms with van der Waals surface area (Å²) in [7, 11) is 0. The number of nitrogens with two attached hydrogens (primary N) is 1. The largest absolute Gasteiger partial charge is 0.349 e. The summed E-state index contributed by atoms with van der Waals surface area (Å²) in [4.78, 5) is 12.2. The fourth-order valence-corrected chi connectivity index (χ4v) is 2.81. The molecule has 0 saturated heterocycles. The van der Waals surface area contributed by atoms with Crippen LogP contribution >= 0.6 is 15.9 Å². The van der Waals surface area contributed by atoms with Gasteiger partial charge in [-0.15, -0.1) is 0 Å². The quantitative estimate of drug-likeness (QED) is 0.897. The number of hydrogen-bond donors (Lipinski definition) is 2. The van der Waals surface area contributed by atoms with E-state index in [4.69, 9.17) is 5.73 Å². The van der Waals surface area contributed by atoms with Gasteiger partial charge in [0.2, 0.25) is 5.91 Å². The maximum absolute atomic E-state index is 12.2. The lowest BCUT2D eigenvalue weighted by atomic mass is 9.85. The lowest BCUT2D eigenvalue weighted by Crippen LogP contribution is -2.37. The molecule has 0 radical (unpaired) electrons. The van der Waals surface area contributed by atoms with Crippen LogP contribution in [0.15, 0.2) is 28.7 Å². The Bertz CT molecular complexity index is 424. The second-order valence-electron chi connectivity index (χ2n) is 5.39. The van der Waals surface area contributed by atoms with Gasteiger partial charge in [-0.3, -0.25) is 4.79 Å². The Balaban J connectivity index is 1.89. The maximum Gasteiger partial charge on any atom is 0.223 e. The number of halogens is 1. The van der Waals surface area contributed by atoms with Crippen molar-refractivity contribution in [1.82, 2.24) is 5.32 Å². The highest BCUT2D eigenvalue weighted by Gasteiger charge is 2.25. The van der Waals surface area contributed by atoms with Crippen molar-refractivity contribution in [2.75, 3.05) is 0 Å². The zero-order valence-electron chi connectivity index (χ0n) is 11.2. The molecular formula is C15H21BrN2O. The van der Waals surface area contributed by atoms with Gasteiger partial charge >= 0.3 is 0 Å². The summed E-state index contributed by atoms with van der Waals surface area (Å²) in [6.07, 6.45) is 3.76. The summed E-state index contributed by atoms with van der Waals surface area (Å²) in [6, 6.07) is 8.40. The molecule has 1 aliphatic rings. The Morgan fingerprint density at radius 3 is 2.42 bits per heavy atom. The van der Waals surface area contributed by atoms with Crippen LogP contribution in [-0.4, -0.2) is 11.9 Å². The highest BCUT2D eigenvalue weighted by molar-refractivity contribution is 9.10.